The first kappa shape index (κ1) is 40.8. The molecule has 0 saturated heterocycles. The van der Waals surface area contributed by atoms with Gasteiger partial charge in [-0.15, -0.1) is 0 Å². The van der Waals surface area contributed by atoms with Gasteiger partial charge in [0.15, 0.2) is 0 Å². The second kappa shape index (κ2) is 19.9. The van der Waals surface area contributed by atoms with Gasteiger partial charge in [-0.3, -0.25) is 4.79 Å². The molecule has 3 heteroatoms. The van der Waals surface area contributed by atoms with Gasteiger partial charge in [0.25, 0.3) is 0 Å². The molecule has 1 aliphatic rings. The number of rotatable bonds is 16. The Hall–Kier alpha value is -5.97. The van der Waals surface area contributed by atoms with Gasteiger partial charge < -0.3 is 0 Å². The van der Waals surface area contributed by atoms with Crippen molar-refractivity contribution in [3.63, 3.8) is 0 Å². The van der Waals surface area contributed by atoms with E-state index in [4.69, 9.17) is 0 Å². The van der Waals surface area contributed by atoms with Crippen LogP contribution in [-0.2, 0) is 4.79 Å². The van der Waals surface area contributed by atoms with E-state index in [2.05, 4.69) is 249 Å². The van der Waals surface area contributed by atoms with E-state index >= 15 is 4.79 Å². The van der Waals surface area contributed by atoms with E-state index in [0.29, 0.717) is 18.5 Å². The first-order chi connectivity index (χ1) is 29.6. The number of ketones is 1. The molecule has 0 N–H and O–H groups in total. The van der Waals surface area contributed by atoms with E-state index in [1.165, 1.54) is 32.1 Å². The van der Waals surface area contributed by atoms with E-state index in [-0.39, 0.29) is 5.78 Å². The van der Waals surface area contributed by atoms with Crippen molar-refractivity contribution in [2.24, 2.45) is 0 Å². The number of carbonyl (C=O) groups excluding carboxylic acids is 1. The van der Waals surface area contributed by atoms with Gasteiger partial charge in [-0.05, 0) is 89.0 Å². The van der Waals surface area contributed by atoms with Crippen LogP contribution in [0.15, 0.2) is 248 Å². The van der Waals surface area contributed by atoms with Crippen LogP contribution < -0.4 is 26.5 Å². The first-order valence-electron chi connectivity index (χ1n) is 21.0. The summed E-state index contributed by atoms with van der Waals surface area (Å²) in [5.41, 5.74) is 4.89. The average Bonchev–Trinajstić information content (AvgIpc) is 3.32. The van der Waals surface area contributed by atoms with Gasteiger partial charge in [0, 0.05) is 19.3 Å². The second-order valence-corrected chi connectivity index (χ2v) is 22.8. The maximum absolute atomic E-state index is 15.2. The molecule has 0 aromatic heterocycles. The van der Waals surface area contributed by atoms with Crippen molar-refractivity contribution in [1.29, 1.82) is 0 Å². The van der Waals surface area contributed by atoms with Gasteiger partial charge in [0.1, 0.15) is 45.2 Å². The summed E-state index contributed by atoms with van der Waals surface area (Å²) >= 11 is 0. The minimum atomic E-state index is -2.27. The minimum absolute atomic E-state index is 0.241. The molecule has 0 radical (unpaired) electrons. The SMILES string of the molecule is O=C(C/C(=C/c1ccccc1)C[P+](c1ccccc1)(c1ccccc1)[C@H]1C=CC=CC1)C/C(=C\c1ccccc1)C[P+](c1ccccc1)(c1ccccc1)c1ccccc1. The summed E-state index contributed by atoms with van der Waals surface area (Å²) in [4.78, 5) is 15.2. The van der Waals surface area contributed by atoms with Crippen LogP contribution in [0, 0.1) is 0 Å². The molecule has 0 spiro atoms. The summed E-state index contributed by atoms with van der Waals surface area (Å²) in [7, 11) is -4.40. The monoisotopic (exact) mass is 814 g/mol. The molecule has 7 aromatic rings. The largest absolute Gasteiger partial charge is 0.299 e. The summed E-state index contributed by atoms with van der Waals surface area (Å²) in [5.74, 6) is 0.241. The lowest BCUT2D eigenvalue weighted by Crippen LogP contribution is -2.34. The predicted octanol–water partition coefficient (Wildman–Crippen LogP) is 12.1. The molecule has 0 bridgehead atoms. The summed E-state index contributed by atoms with van der Waals surface area (Å²) in [6.07, 6.45) is 17.0. The molecule has 294 valence electrons. The Morgan fingerprint density at radius 2 is 0.783 bits per heavy atom. The Morgan fingerprint density at radius 3 is 1.15 bits per heavy atom. The number of benzene rings is 7. The second-order valence-electron chi connectivity index (χ2n) is 15.6. The van der Waals surface area contributed by atoms with Crippen LogP contribution in [0.2, 0.25) is 0 Å². The number of carbonyl (C=O) groups is 1. The van der Waals surface area contributed by atoms with Crippen molar-refractivity contribution in [3.8, 4) is 0 Å². The molecule has 0 unspecified atom stereocenters. The number of hydrogen-bond acceptors (Lipinski definition) is 1. The Morgan fingerprint density at radius 1 is 0.433 bits per heavy atom. The average molecular weight is 815 g/mol. The standard InChI is InChI=1S/C57H52OP2/c58-51(43-49(41-47-25-9-1-10-26-47)45-59(52-29-13-3-14-30-52,53-31-15-4-16-32-53)54-33-17-5-18-34-54)44-50(42-48-27-11-2-12-28-48)46-60(55-35-19-6-20-36-55,56-37-21-7-22-38-56)57-39-23-8-24-40-57/h1-39,41-42,57H,40,43-46H2/q+2/b49-41+,50-42-/t57-/m0/s1. The molecular weight excluding hydrogens is 763 g/mol. The van der Waals surface area contributed by atoms with E-state index in [0.717, 1.165) is 35.4 Å². The van der Waals surface area contributed by atoms with Crippen molar-refractivity contribution in [2.75, 3.05) is 12.3 Å². The van der Waals surface area contributed by atoms with Gasteiger partial charge in [-0.25, -0.2) is 0 Å². The Bertz CT molecular complexity index is 2410. The van der Waals surface area contributed by atoms with Gasteiger partial charge in [-0.2, -0.15) is 0 Å². The van der Waals surface area contributed by atoms with Crippen LogP contribution in [0.4, 0.5) is 0 Å². The van der Waals surface area contributed by atoms with Crippen LogP contribution in [-0.4, -0.2) is 23.8 Å². The van der Waals surface area contributed by atoms with Crippen molar-refractivity contribution in [1.82, 2.24) is 0 Å². The molecule has 8 rings (SSSR count). The molecule has 1 nitrogen and oxygen atoms in total. The topological polar surface area (TPSA) is 17.1 Å². The van der Waals surface area contributed by atoms with Gasteiger partial charge in [-0.1, -0.05) is 182 Å². The lowest BCUT2D eigenvalue weighted by atomic mass is 10.0. The number of allylic oxidation sites excluding steroid dienone is 6. The zero-order chi connectivity index (χ0) is 40.9. The third-order valence-corrected chi connectivity index (χ3v) is 20.9. The lowest BCUT2D eigenvalue weighted by Gasteiger charge is -2.34. The Balaban J connectivity index is 1.23. The van der Waals surface area contributed by atoms with Crippen molar-refractivity contribution < 1.29 is 4.79 Å². The third-order valence-electron chi connectivity index (χ3n) is 11.6. The summed E-state index contributed by atoms with van der Waals surface area (Å²) in [6.45, 7) is 0. The highest BCUT2D eigenvalue weighted by molar-refractivity contribution is 7.95. The fourth-order valence-corrected chi connectivity index (χ4v) is 18.0. The normalized spacial score (nSPS) is 14.5. The van der Waals surface area contributed by atoms with Crippen LogP contribution >= 0.6 is 14.5 Å². The van der Waals surface area contributed by atoms with Gasteiger partial charge in [0.2, 0.25) is 0 Å². The van der Waals surface area contributed by atoms with Gasteiger partial charge >= 0.3 is 0 Å². The molecule has 1 aliphatic carbocycles. The maximum Gasteiger partial charge on any atom is 0.141 e. The highest BCUT2D eigenvalue weighted by Crippen LogP contribution is 2.64. The molecule has 0 aliphatic heterocycles. The van der Waals surface area contributed by atoms with Crippen LogP contribution in [0.25, 0.3) is 12.2 Å². The van der Waals surface area contributed by atoms with E-state index < -0.39 is 14.5 Å². The van der Waals surface area contributed by atoms with Crippen LogP contribution in [0.3, 0.4) is 0 Å². The smallest absolute Gasteiger partial charge is 0.141 e. The fraction of sp³-hybridized carbons (Fsp3) is 0.105. The highest BCUT2D eigenvalue weighted by atomic mass is 31.2. The number of Topliss-reactive ketones (excluding diaryl/α,β-unsaturated/α-hetero) is 1. The van der Waals surface area contributed by atoms with E-state index in [9.17, 15) is 0 Å². The van der Waals surface area contributed by atoms with Gasteiger partial charge in [0.05, 0.1) is 19.6 Å². The molecule has 0 amide bonds. The molecule has 1 atom stereocenters. The predicted molar refractivity (Wildman–Crippen MR) is 264 cm³/mol. The van der Waals surface area contributed by atoms with Crippen molar-refractivity contribution >= 4 is 59.0 Å². The van der Waals surface area contributed by atoms with Crippen molar-refractivity contribution in [2.45, 2.75) is 24.9 Å². The molecule has 60 heavy (non-hydrogen) atoms. The maximum atomic E-state index is 15.2. The van der Waals surface area contributed by atoms with E-state index in [1.54, 1.807) is 0 Å². The van der Waals surface area contributed by atoms with Crippen LogP contribution in [0.1, 0.15) is 30.4 Å². The molecule has 0 fully saturated rings. The summed E-state index contributed by atoms with van der Waals surface area (Å²) < 4.78 is 0. The van der Waals surface area contributed by atoms with E-state index in [1.807, 2.05) is 0 Å². The zero-order valence-corrected chi connectivity index (χ0v) is 35.9. The third kappa shape index (κ3) is 9.40. The zero-order valence-electron chi connectivity index (χ0n) is 34.1. The summed E-state index contributed by atoms with van der Waals surface area (Å²) in [5, 5.41) is 6.69. The Labute approximate surface area is 358 Å². The minimum Gasteiger partial charge on any atom is -0.299 e. The molecule has 0 heterocycles. The molecule has 0 saturated carbocycles. The first-order valence-corrected chi connectivity index (χ1v) is 25.0. The summed E-state index contributed by atoms with van der Waals surface area (Å²) in [6, 6.07) is 76.5. The highest BCUT2D eigenvalue weighted by Gasteiger charge is 2.50. The van der Waals surface area contributed by atoms with Crippen molar-refractivity contribution in [3.05, 3.63) is 259 Å². The number of hydrogen-bond donors (Lipinski definition) is 0. The fourth-order valence-electron chi connectivity index (χ4n) is 8.95. The van der Waals surface area contributed by atoms with Crippen LogP contribution in [0.5, 0.6) is 0 Å². The lowest BCUT2D eigenvalue weighted by molar-refractivity contribution is -0.117. The molecule has 7 aromatic carbocycles. The Kier molecular flexibility index (Phi) is 13.5. The molecular formula is C57H52OP2+2. The quantitative estimate of drug-likeness (QED) is 0.0888.